The highest BCUT2D eigenvalue weighted by atomic mass is 32.2. The predicted molar refractivity (Wildman–Crippen MR) is 73.1 cm³/mol. The van der Waals surface area contributed by atoms with Gasteiger partial charge in [0.2, 0.25) is 0 Å². The summed E-state index contributed by atoms with van der Waals surface area (Å²) >= 11 is 1.99. The second-order valence-electron chi connectivity index (χ2n) is 4.52. The Hall–Kier alpha value is -0.740. The van der Waals surface area contributed by atoms with Crippen LogP contribution in [0.5, 0.6) is 0 Å². The summed E-state index contributed by atoms with van der Waals surface area (Å²) in [7, 11) is 2.01. The molecule has 0 spiro atoms. The van der Waals surface area contributed by atoms with Crippen LogP contribution in [0.15, 0.2) is 24.3 Å². The van der Waals surface area contributed by atoms with Gasteiger partial charge in [-0.25, -0.2) is 4.39 Å². The van der Waals surface area contributed by atoms with Crippen molar-refractivity contribution in [1.29, 1.82) is 0 Å². The predicted octanol–water partition coefficient (Wildman–Crippen LogP) is 2.34. The largest absolute Gasteiger partial charge is 0.370 e. The number of benzene rings is 1. The molecule has 94 valence electrons. The van der Waals surface area contributed by atoms with Crippen LogP contribution in [0.25, 0.3) is 0 Å². The van der Waals surface area contributed by atoms with Gasteiger partial charge < -0.3 is 10.6 Å². The summed E-state index contributed by atoms with van der Waals surface area (Å²) in [6, 6.07) is 7.04. The lowest BCUT2D eigenvalue weighted by molar-refractivity contribution is 0.453. The molecule has 1 aromatic carbocycles. The maximum absolute atomic E-state index is 13.2. The van der Waals surface area contributed by atoms with Crippen LogP contribution in [0.4, 0.5) is 10.1 Å². The van der Waals surface area contributed by atoms with Crippen LogP contribution >= 0.6 is 11.8 Å². The quantitative estimate of drug-likeness (QED) is 0.894. The molecule has 1 aromatic rings. The van der Waals surface area contributed by atoms with Crippen LogP contribution in [0, 0.1) is 11.7 Å². The van der Waals surface area contributed by atoms with E-state index in [1.807, 2.05) is 24.9 Å². The van der Waals surface area contributed by atoms with Crippen molar-refractivity contribution in [3.63, 3.8) is 0 Å². The molecule has 2 atom stereocenters. The summed E-state index contributed by atoms with van der Waals surface area (Å²) in [5.41, 5.74) is 6.80. The molecule has 1 fully saturated rings. The average molecular weight is 254 g/mol. The van der Waals surface area contributed by atoms with E-state index >= 15 is 0 Å². The van der Waals surface area contributed by atoms with Crippen molar-refractivity contribution < 1.29 is 4.39 Å². The lowest BCUT2D eigenvalue weighted by Gasteiger charge is -2.33. The topological polar surface area (TPSA) is 29.3 Å². The summed E-state index contributed by atoms with van der Waals surface area (Å²) < 4.78 is 13.2. The highest BCUT2D eigenvalue weighted by Gasteiger charge is 2.27. The second kappa shape index (κ2) is 5.74. The highest BCUT2D eigenvalue weighted by Crippen LogP contribution is 2.30. The molecule has 1 aliphatic rings. The van der Waals surface area contributed by atoms with E-state index in [1.165, 1.54) is 24.0 Å². The van der Waals surface area contributed by atoms with Gasteiger partial charge in [-0.05, 0) is 42.0 Å². The van der Waals surface area contributed by atoms with Crippen LogP contribution in [0.3, 0.4) is 0 Å². The normalized spacial score (nSPS) is 21.5. The zero-order chi connectivity index (χ0) is 12.3. The number of nitrogens with zero attached hydrogens (tertiary/aromatic N) is 1. The van der Waals surface area contributed by atoms with E-state index in [-0.39, 0.29) is 5.82 Å². The van der Waals surface area contributed by atoms with Crippen LogP contribution in [0.1, 0.15) is 6.42 Å². The molecule has 17 heavy (non-hydrogen) atoms. The molecule has 4 heteroatoms. The lowest BCUT2D eigenvalue weighted by atomic mass is 9.97. The molecule has 2 nitrogen and oxygen atoms in total. The molecule has 1 heterocycles. The van der Waals surface area contributed by atoms with E-state index < -0.39 is 0 Å². The van der Waals surface area contributed by atoms with Crippen molar-refractivity contribution in [2.75, 3.05) is 30.0 Å². The molecular formula is C13H19FN2S. The zero-order valence-electron chi connectivity index (χ0n) is 10.1. The number of rotatable bonds is 4. The van der Waals surface area contributed by atoms with Gasteiger partial charge in [0.05, 0.1) is 0 Å². The number of thioether (sulfide) groups is 1. The van der Waals surface area contributed by atoms with Gasteiger partial charge in [-0.2, -0.15) is 11.8 Å². The van der Waals surface area contributed by atoms with Crippen molar-refractivity contribution in [3.05, 3.63) is 30.1 Å². The maximum atomic E-state index is 13.2. The van der Waals surface area contributed by atoms with Gasteiger partial charge in [-0.15, -0.1) is 0 Å². The molecule has 1 saturated heterocycles. The Bertz CT molecular complexity index is 366. The van der Waals surface area contributed by atoms with E-state index in [0.717, 1.165) is 5.69 Å². The first-order chi connectivity index (χ1) is 8.22. The summed E-state index contributed by atoms with van der Waals surface area (Å²) in [4.78, 5) is 2.12. The molecule has 0 radical (unpaired) electrons. The Morgan fingerprint density at radius 1 is 1.59 bits per heavy atom. The Kier molecular flexibility index (Phi) is 4.29. The number of halogens is 1. The number of nitrogens with two attached hydrogens (primary N) is 1. The molecule has 0 saturated carbocycles. The minimum Gasteiger partial charge on any atom is -0.370 e. The van der Waals surface area contributed by atoms with Crippen LogP contribution in [-0.2, 0) is 0 Å². The van der Waals surface area contributed by atoms with Crippen molar-refractivity contribution in [3.8, 4) is 0 Å². The number of likely N-dealkylation sites (N-methyl/N-ethyl adjacent to an activating group) is 1. The molecular weight excluding hydrogens is 235 g/mol. The number of anilines is 1. The van der Waals surface area contributed by atoms with Crippen molar-refractivity contribution in [2.24, 2.45) is 11.7 Å². The summed E-state index contributed by atoms with van der Waals surface area (Å²) in [5.74, 6) is 2.82. The Morgan fingerprint density at radius 2 is 2.41 bits per heavy atom. The van der Waals surface area contributed by atoms with Gasteiger partial charge in [-0.3, -0.25) is 0 Å². The van der Waals surface area contributed by atoms with E-state index in [2.05, 4.69) is 4.90 Å². The van der Waals surface area contributed by atoms with Crippen molar-refractivity contribution >= 4 is 17.4 Å². The molecule has 2 N–H and O–H groups in total. The Balaban J connectivity index is 2.13. The first kappa shape index (κ1) is 12.7. The molecule has 2 rings (SSSR count). The van der Waals surface area contributed by atoms with Gasteiger partial charge in [0.1, 0.15) is 5.82 Å². The molecule has 0 bridgehead atoms. The lowest BCUT2D eigenvalue weighted by Crippen LogP contribution is -2.43. The third kappa shape index (κ3) is 2.93. The minimum atomic E-state index is -0.189. The fraction of sp³-hybridized carbons (Fsp3) is 0.538. The smallest absolute Gasteiger partial charge is 0.125 e. The Labute approximate surface area is 106 Å². The first-order valence-electron chi connectivity index (χ1n) is 5.98. The first-order valence-corrected chi connectivity index (χ1v) is 7.14. The van der Waals surface area contributed by atoms with E-state index in [1.54, 1.807) is 12.1 Å². The van der Waals surface area contributed by atoms with E-state index in [4.69, 9.17) is 5.73 Å². The fourth-order valence-electron chi connectivity index (χ4n) is 2.41. The standard InChI is InChI=1S/C13H19FN2S/c1-16(12-4-2-3-11(14)7-12)13(8-15)10-5-6-17-9-10/h2-4,7,10,13H,5-6,8-9,15H2,1H3. The second-order valence-corrected chi connectivity index (χ2v) is 5.67. The molecule has 1 aliphatic heterocycles. The van der Waals surface area contributed by atoms with Crippen LogP contribution < -0.4 is 10.6 Å². The number of hydrogen-bond acceptors (Lipinski definition) is 3. The summed E-state index contributed by atoms with van der Waals surface area (Å²) in [6.07, 6.45) is 1.21. The fourth-order valence-corrected chi connectivity index (χ4v) is 3.74. The van der Waals surface area contributed by atoms with Gasteiger partial charge in [0.25, 0.3) is 0 Å². The molecule has 0 aromatic heterocycles. The third-order valence-electron chi connectivity index (χ3n) is 3.46. The maximum Gasteiger partial charge on any atom is 0.125 e. The summed E-state index contributed by atoms with van der Waals surface area (Å²) in [6.45, 7) is 0.623. The molecule has 0 aliphatic carbocycles. The molecule has 0 amide bonds. The van der Waals surface area contributed by atoms with E-state index in [9.17, 15) is 4.39 Å². The SMILES string of the molecule is CN(c1cccc(F)c1)C(CN)C1CCSC1. The van der Waals surface area contributed by atoms with Gasteiger partial charge >= 0.3 is 0 Å². The monoisotopic (exact) mass is 254 g/mol. The van der Waals surface area contributed by atoms with Crippen LogP contribution in [0.2, 0.25) is 0 Å². The average Bonchev–Trinajstić information content (AvgIpc) is 2.83. The summed E-state index contributed by atoms with van der Waals surface area (Å²) in [5, 5.41) is 0. The van der Waals surface area contributed by atoms with Gasteiger partial charge in [-0.1, -0.05) is 6.07 Å². The Morgan fingerprint density at radius 3 is 3.00 bits per heavy atom. The van der Waals surface area contributed by atoms with Crippen LogP contribution in [-0.4, -0.2) is 31.1 Å². The zero-order valence-corrected chi connectivity index (χ0v) is 10.9. The van der Waals surface area contributed by atoms with Gasteiger partial charge in [0, 0.05) is 25.3 Å². The molecule has 2 unspecified atom stereocenters. The van der Waals surface area contributed by atoms with Crippen molar-refractivity contribution in [1.82, 2.24) is 0 Å². The minimum absolute atomic E-state index is 0.189. The third-order valence-corrected chi connectivity index (χ3v) is 4.65. The van der Waals surface area contributed by atoms with E-state index in [0.29, 0.717) is 18.5 Å². The number of hydrogen-bond donors (Lipinski definition) is 1. The van der Waals surface area contributed by atoms with Crippen molar-refractivity contribution in [2.45, 2.75) is 12.5 Å². The van der Waals surface area contributed by atoms with Gasteiger partial charge in [0.15, 0.2) is 0 Å². The highest BCUT2D eigenvalue weighted by molar-refractivity contribution is 7.99.